The highest BCUT2D eigenvalue weighted by Gasteiger charge is 2.12. The number of hydrogen-bond donors (Lipinski definition) is 1. The molecule has 0 aliphatic rings. The van der Waals surface area contributed by atoms with E-state index in [1.807, 2.05) is 6.07 Å². The van der Waals surface area contributed by atoms with Crippen LogP contribution in [-0.4, -0.2) is 19.3 Å². The molecule has 0 aliphatic heterocycles. The van der Waals surface area contributed by atoms with Crippen LogP contribution >= 0.6 is 0 Å². The van der Waals surface area contributed by atoms with Gasteiger partial charge in [-0.3, -0.25) is 0 Å². The summed E-state index contributed by atoms with van der Waals surface area (Å²) in [5.74, 6) is 1.43. The van der Waals surface area contributed by atoms with Crippen molar-refractivity contribution < 1.29 is 14.6 Å². The Morgan fingerprint density at radius 1 is 1.20 bits per heavy atom. The predicted octanol–water partition coefficient (Wildman–Crippen LogP) is 1.92. The third-order valence-electron chi connectivity index (χ3n) is 2.29. The number of rotatable bonds is 5. The Balaban J connectivity index is 3.29. The molecule has 0 saturated carbocycles. The lowest BCUT2D eigenvalue weighted by molar-refractivity contribution is 0.271. The van der Waals surface area contributed by atoms with Crippen LogP contribution in [0.25, 0.3) is 0 Å². The fraction of sp³-hybridized carbons (Fsp3) is 0.333. The lowest BCUT2D eigenvalue weighted by Crippen LogP contribution is -2.01. The van der Waals surface area contributed by atoms with E-state index in [2.05, 4.69) is 6.58 Å². The van der Waals surface area contributed by atoms with Crippen LogP contribution in [0.3, 0.4) is 0 Å². The Bertz CT molecular complexity index is 345. The highest BCUT2D eigenvalue weighted by molar-refractivity contribution is 5.49. The first kappa shape index (κ1) is 11.6. The molecule has 3 nitrogen and oxygen atoms in total. The summed E-state index contributed by atoms with van der Waals surface area (Å²) in [4.78, 5) is 0. The fourth-order valence-corrected chi connectivity index (χ4v) is 1.57. The summed E-state index contributed by atoms with van der Waals surface area (Å²) in [5, 5.41) is 9.31. The summed E-state index contributed by atoms with van der Waals surface area (Å²) in [6.07, 6.45) is 2.42. The van der Waals surface area contributed by atoms with Gasteiger partial charge in [-0.05, 0) is 18.6 Å². The topological polar surface area (TPSA) is 38.7 Å². The number of hydrogen-bond acceptors (Lipinski definition) is 3. The van der Waals surface area contributed by atoms with Crippen LogP contribution < -0.4 is 9.47 Å². The van der Waals surface area contributed by atoms with E-state index in [0.717, 1.165) is 16.9 Å². The van der Waals surface area contributed by atoms with Crippen LogP contribution in [0.2, 0.25) is 0 Å². The van der Waals surface area contributed by atoms with Gasteiger partial charge in [0.15, 0.2) is 0 Å². The van der Waals surface area contributed by atoms with Crippen molar-refractivity contribution in [2.45, 2.75) is 13.0 Å². The zero-order valence-corrected chi connectivity index (χ0v) is 9.12. The third kappa shape index (κ3) is 2.30. The molecule has 0 heterocycles. The molecule has 1 rings (SSSR count). The largest absolute Gasteiger partial charge is 0.496 e. The molecule has 0 aromatic heterocycles. The number of aliphatic hydroxyl groups is 1. The standard InChI is InChI=1S/C12H16O3/c1-4-5-9-10(8-13)12(15-3)7-6-11(9)14-2/h4,6-7,13H,1,5,8H2,2-3H3. The molecule has 0 fully saturated rings. The maximum atomic E-state index is 9.31. The van der Waals surface area contributed by atoms with Crippen molar-refractivity contribution in [1.29, 1.82) is 0 Å². The zero-order valence-electron chi connectivity index (χ0n) is 9.12. The molecule has 0 amide bonds. The first-order valence-electron chi connectivity index (χ1n) is 4.73. The summed E-state index contributed by atoms with van der Waals surface area (Å²) in [5.41, 5.74) is 1.69. The highest BCUT2D eigenvalue weighted by atomic mass is 16.5. The van der Waals surface area contributed by atoms with Gasteiger partial charge in [0.2, 0.25) is 0 Å². The summed E-state index contributed by atoms with van der Waals surface area (Å²) in [6, 6.07) is 3.62. The number of aliphatic hydroxyl groups excluding tert-OH is 1. The molecule has 1 aromatic carbocycles. The van der Waals surface area contributed by atoms with Crippen molar-refractivity contribution in [1.82, 2.24) is 0 Å². The molecule has 15 heavy (non-hydrogen) atoms. The van der Waals surface area contributed by atoms with Gasteiger partial charge < -0.3 is 14.6 Å². The van der Waals surface area contributed by atoms with Gasteiger partial charge in [-0.15, -0.1) is 6.58 Å². The van der Waals surface area contributed by atoms with Crippen molar-refractivity contribution in [2.75, 3.05) is 14.2 Å². The van der Waals surface area contributed by atoms with E-state index in [0.29, 0.717) is 12.2 Å². The molecule has 0 radical (unpaired) electrons. The van der Waals surface area contributed by atoms with E-state index in [-0.39, 0.29) is 6.61 Å². The van der Waals surface area contributed by atoms with E-state index in [9.17, 15) is 5.11 Å². The molecule has 0 atom stereocenters. The molecular formula is C12H16O3. The summed E-state index contributed by atoms with van der Waals surface area (Å²) in [6.45, 7) is 3.62. The minimum atomic E-state index is -0.0659. The molecule has 82 valence electrons. The van der Waals surface area contributed by atoms with Gasteiger partial charge in [0, 0.05) is 11.1 Å². The minimum Gasteiger partial charge on any atom is -0.496 e. The van der Waals surface area contributed by atoms with E-state index >= 15 is 0 Å². The lowest BCUT2D eigenvalue weighted by atomic mass is 10.0. The molecule has 0 aliphatic carbocycles. The second kappa shape index (κ2) is 5.41. The first-order valence-corrected chi connectivity index (χ1v) is 4.73. The summed E-state index contributed by atoms with van der Waals surface area (Å²) >= 11 is 0. The van der Waals surface area contributed by atoms with Crippen molar-refractivity contribution in [3.05, 3.63) is 35.9 Å². The predicted molar refractivity (Wildman–Crippen MR) is 59.4 cm³/mol. The maximum absolute atomic E-state index is 9.31. The molecule has 1 aromatic rings. The summed E-state index contributed by atoms with van der Waals surface area (Å²) < 4.78 is 10.4. The molecular weight excluding hydrogens is 192 g/mol. The van der Waals surface area contributed by atoms with Gasteiger partial charge in [-0.1, -0.05) is 6.08 Å². The van der Waals surface area contributed by atoms with E-state index in [1.165, 1.54) is 0 Å². The smallest absolute Gasteiger partial charge is 0.124 e. The van der Waals surface area contributed by atoms with Crippen LogP contribution in [0.4, 0.5) is 0 Å². The number of methoxy groups -OCH3 is 2. The Hall–Kier alpha value is -1.48. The highest BCUT2D eigenvalue weighted by Crippen LogP contribution is 2.30. The van der Waals surface area contributed by atoms with E-state index < -0.39 is 0 Å². The van der Waals surface area contributed by atoms with Gasteiger partial charge in [0.25, 0.3) is 0 Å². The Labute approximate surface area is 90.0 Å². The molecule has 0 saturated heterocycles. The van der Waals surface area contributed by atoms with Crippen LogP contribution in [0.1, 0.15) is 11.1 Å². The molecule has 0 spiro atoms. The number of benzene rings is 1. The minimum absolute atomic E-state index is 0.0659. The van der Waals surface area contributed by atoms with Gasteiger partial charge in [-0.2, -0.15) is 0 Å². The zero-order chi connectivity index (χ0) is 11.3. The first-order chi connectivity index (χ1) is 7.28. The fourth-order valence-electron chi connectivity index (χ4n) is 1.57. The van der Waals surface area contributed by atoms with E-state index in [1.54, 1.807) is 26.4 Å². The van der Waals surface area contributed by atoms with Gasteiger partial charge in [0.1, 0.15) is 11.5 Å². The second-order valence-corrected chi connectivity index (χ2v) is 3.08. The normalized spacial score (nSPS) is 9.80. The average Bonchev–Trinajstić information content (AvgIpc) is 2.28. The van der Waals surface area contributed by atoms with E-state index in [4.69, 9.17) is 9.47 Å². The Kier molecular flexibility index (Phi) is 4.18. The third-order valence-corrected chi connectivity index (χ3v) is 2.29. The maximum Gasteiger partial charge on any atom is 0.124 e. The molecule has 3 heteroatoms. The monoisotopic (exact) mass is 208 g/mol. The van der Waals surface area contributed by atoms with Crippen LogP contribution in [0.15, 0.2) is 24.8 Å². The Morgan fingerprint density at radius 2 is 1.73 bits per heavy atom. The van der Waals surface area contributed by atoms with Crippen molar-refractivity contribution in [3.63, 3.8) is 0 Å². The Morgan fingerprint density at radius 3 is 2.13 bits per heavy atom. The SMILES string of the molecule is C=CCc1c(OC)ccc(OC)c1CO. The van der Waals surface area contributed by atoms with Gasteiger partial charge >= 0.3 is 0 Å². The average molecular weight is 208 g/mol. The van der Waals surface area contributed by atoms with Crippen LogP contribution in [0, 0.1) is 0 Å². The van der Waals surface area contributed by atoms with Crippen molar-refractivity contribution >= 4 is 0 Å². The van der Waals surface area contributed by atoms with Crippen molar-refractivity contribution in [3.8, 4) is 11.5 Å². The van der Waals surface area contributed by atoms with Gasteiger partial charge in [0.05, 0.1) is 20.8 Å². The summed E-state index contributed by atoms with van der Waals surface area (Å²) in [7, 11) is 3.19. The molecule has 0 bridgehead atoms. The van der Waals surface area contributed by atoms with Crippen LogP contribution in [-0.2, 0) is 13.0 Å². The second-order valence-electron chi connectivity index (χ2n) is 3.08. The molecule has 1 N–H and O–H groups in total. The van der Waals surface area contributed by atoms with Crippen LogP contribution in [0.5, 0.6) is 11.5 Å². The van der Waals surface area contributed by atoms with Gasteiger partial charge in [-0.25, -0.2) is 0 Å². The quantitative estimate of drug-likeness (QED) is 0.751. The lowest BCUT2D eigenvalue weighted by Gasteiger charge is -2.14. The number of allylic oxidation sites excluding steroid dienone is 1. The molecule has 0 unspecified atom stereocenters. The number of ether oxygens (including phenoxy) is 2. The van der Waals surface area contributed by atoms with Crippen molar-refractivity contribution in [2.24, 2.45) is 0 Å².